The summed E-state index contributed by atoms with van der Waals surface area (Å²) >= 11 is 0. The Morgan fingerprint density at radius 3 is 1.76 bits per heavy atom. The number of nitrogens with zero attached hydrogens (tertiary/aromatic N) is 1. The lowest BCUT2D eigenvalue weighted by molar-refractivity contribution is 0.449. The van der Waals surface area contributed by atoms with Gasteiger partial charge in [-0.2, -0.15) is 0 Å². The minimum atomic E-state index is -0.141. The van der Waals surface area contributed by atoms with Crippen LogP contribution in [0.2, 0.25) is 0 Å². The number of hydrogen-bond acceptors (Lipinski definition) is 2. The lowest BCUT2D eigenvalue weighted by atomic mass is 9.80. The molecule has 0 heterocycles. The third-order valence-electron chi connectivity index (χ3n) is 6.78. The first kappa shape index (κ1) is 27.0. The molecule has 1 atom stereocenters. The Morgan fingerprint density at radius 1 is 0.676 bits per heavy atom. The SMILES string of the molecule is Cc1ccc(Pc2cc(C(C)(C)C)cc(C(C)(C)C)c2O)c(CN(c2ccccc2)c2ccccc2)c1. The molecule has 1 N–H and O–H groups in total. The lowest BCUT2D eigenvalue weighted by Crippen LogP contribution is -2.23. The van der Waals surface area contributed by atoms with Crippen molar-refractivity contribution >= 4 is 30.6 Å². The van der Waals surface area contributed by atoms with Gasteiger partial charge in [0.25, 0.3) is 0 Å². The van der Waals surface area contributed by atoms with Crippen molar-refractivity contribution in [3.63, 3.8) is 0 Å². The van der Waals surface area contributed by atoms with Crippen LogP contribution in [0.15, 0.2) is 91.0 Å². The van der Waals surface area contributed by atoms with E-state index in [4.69, 9.17) is 0 Å². The van der Waals surface area contributed by atoms with Crippen molar-refractivity contribution in [3.05, 3.63) is 113 Å². The topological polar surface area (TPSA) is 23.5 Å². The fraction of sp³-hybridized carbons (Fsp3) is 0.294. The molecule has 0 saturated heterocycles. The zero-order chi connectivity index (χ0) is 26.8. The molecule has 1 unspecified atom stereocenters. The fourth-order valence-electron chi connectivity index (χ4n) is 4.57. The van der Waals surface area contributed by atoms with Gasteiger partial charge < -0.3 is 10.0 Å². The molecule has 2 nitrogen and oxygen atoms in total. The van der Waals surface area contributed by atoms with E-state index in [-0.39, 0.29) is 10.8 Å². The van der Waals surface area contributed by atoms with E-state index in [9.17, 15) is 5.11 Å². The lowest BCUT2D eigenvalue weighted by Gasteiger charge is -2.28. The third-order valence-corrected chi connectivity index (χ3v) is 8.19. The Bertz CT molecular complexity index is 1310. The number of phenols is 1. The van der Waals surface area contributed by atoms with Crippen LogP contribution in [0.5, 0.6) is 5.75 Å². The average Bonchev–Trinajstić information content (AvgIpc) is 2.84. The van der Waals surface area contributed by atoms with Gasteiger partial charge in [-0.1, -0.05) is 116 Å². The number of hydrogen-bond donors (Lipinski definition) is 1. The van der Waals surface area contributed by atoms with Gasteiger partial charge >= 0.3 is 0 Å². The summed E-state index contributed by atoms with van der Waals surface area (Å²) < 4.78 is 0. The number of anilines is 2. The Labute approximate surface area is 225 Å². The van der Waals surface area contributed by atoms with Crippen LogP contribution in [0.1, 0.15) is 63.8 Å². The van der Waals surface area contributed by atoms with Crippen LogP contribution in [0, 0.1) is 6.92 Å². The Morgan fingerprint density at radius 2 is 1.24 bits per heavy atom. The van der Waals surface area contributed by atoms with E-state index in [1.165, 1.54) is 22.0 Å². The molecule has 192 valence electrons. The highest BCUT2D eigenvalue weighted by atomic mass is 31.1. The normalized spacial score (nSPS) is 12.3. The van der Waals surface area contributed by atoms with E-state index < -0.39 is 0 Å². The molecule has 0 radical (unpaired) electrons. The zero-order valence-electron chi connectivity index (χ0n) is 23.3. The van der Waals surface area contributed by atoms with Gasteiger partial charge in [-0.05, 0) is 64.5 Å². The predicted molar refractivity (Wildman–Crippen MR) is 163 cm³/mol. The summed E-state index contributed by atoms with van der Waals surface area (Å²) in [5, 5.41) is 13.7. The molecule has 4 aromatic carbocycles. The van der Waals surface area contributed by atoms with Gasteiger partial charge in [-0.15, -0.1) is 0 Å². The number of rotatable bonds is 6. The van der Waals surface area contributed by atoms with E-state index in [1.807, 2.05) is 0 Å². The molecule has 37 heavy (non-hydrogen) atoms. The van der Waals surface area contributed by atoms with E-state index in [2.05, 4.69) is 144 Å². The molecule has 4 rings (SSSR count). The summed E-state index contributed by atoms with van der Waals surface area (Å²) in [6.07, 6.45) is 0. The maximum atomic E-state index is 11.5. The summed E-state index contributed by atoms with van der Waals surface area (Å²) in [5.41, 5.74) is 7.00. The smallest absolute Gasteiger partial charge is 0.127 e. The van der Waals surface area contributed by atoms with Crippen molar-refractivity contribution in [3.8, 4) is 5.75 Å². The number of aromatic hydroxyl groups is 1. The molecule has 0 aliphatic heterocycles. The maximum Gasteiger partial charge on any atom is 0.127 e. The second kappa shape index (κ2) is 10.7. The van der Waals surface area contributed by atoms with Crippen LogP contribution in [-0.2, 0) is 17.4 Å². The average molecular weight is 510 g/mol. The number of aryl methyl sites for hydroxylation is 1. The fourth-order valence-corrected chi connectivity index (χ4v) is 5.82. The molecule has 0 bridgehead atoms. The van der Waals surface area contributed by atoms with Crippen molar-refractivity contribution in [2.45, 2.75) is 65.8 Å². The van der Waals surface area contributed by atoms with Gasteiger partial charge in [0.15, 0.2) is 0 Å². The van der Waals surface area contributed by atoms with Crippen LogP contribution in [-0.4, -0.2) is 5.11 Å². The van der Waals surface area contributed by atoms with E-state index in [0.717, 1.165) is 28.8 Å². The molecule has 0 aliphatic carbocycles. The number of phenolic OH excluding ortho intramolecular Hbond substituents is 1. The Balaban J connectivity index is 1.80. The summed E-state index contributed by atoms with van der Waals surface area (Å²) in [4.78, 5) is 2.37. The van der Waals surface area contributed by atoms with Crippen LogP contribution in [0.3, 0.4) is 0 Å². The van der Waals surface area contributed by atoms with Gasteiger partial charge in [0.2, 0.25) is 0 Å². The second-order valence-electron chi connectivity index (χ2n) is 12.0. The Hall–Kier alpha value is -3.09. The standard InChI is InChI=1S/C34H40NOP/c1-24-18-19-30(37-31-22-26(33(2,3)4)21-29(32(31)36)34(5,6)7)25(20-24)23-35(27-14-10-8-11-15-27)28-16-12-9-13-17-28/h8-22,36-37H,23H2,1-7H3. The molecular formula is C34H40NOP. The van der Waals surface area contributed by atoms with Gasteiger partial charge in [-0.3, -0.25) is 0 Å². The monoisotopic (exact) mass is 509 g/mol. The summed E-state index contributed by atoms with van der Waals surface area (Å²) in [7, 11) is 0.360. The first-order valence-electron chi connectivity index (χ1n) is 13.1. The number of benzene rings is 4. The van der Waals surface area contributed by atoms with Crippen LogP contribution < -0.4 is 15.5 Å². The summed E-state index contributed by atoms with van der Waals surface area (Å²) in [6.45, 7) is 16.2. The molecule has 0 spiro atoms. The Kier molecular flexibility index (Phi) is 7.81. The highest BCUT2D eigenvalue weighted by molar-refractivity contribution is 7.55. The maximum absolute atomic E-state index is 11.5. The van der Waals surface area contributed by atoms with Crippen LogP contribution in [0.4, 0.5) is 11.4 Å². The van der Waals surface area contributed by atoms with Gasteiger partial charge in [-0.25, -0.2) is 0 Å². The van der Waals surface area contributed by atoms with Gasteiger partial charge in [0.1, 0.15) is 5.75 Å². The molecule has 0 saturated carbocycles. The predicted octanol–water partition coefficient (Wildman–Crippen LogP) is 8.26. The van der Waals surface area contributed by atoms with Crippen molar-refractivity contribution in [1.82, 2.24) is 0 Å². The van der Waals surface area contributed by atoms with Crippen LogP contribution in [0.25, 0.3) is 0 Å². The molecule has 3 heteroatoms. The van der Waals surface area contributed by atoms with E-state index in [0.29, 0.717) is 14.3 Å². The first-order chi connectivity index (χ1) is 17.4. The molecule has 0 amide bonds. The van der Waals surface area contributed by atoms with Crippen molar-refractivity contribution < 1.29 is 5.11 Å². The highest BCUT2D eigenvalue weighted by Gasteiger charge is 2.25. The minimum absolute atomic E-state index is 0.000450. The van der Waals surface area contributed by atoms with E-state index >= 15 is 0 Å². The molecule has 4 aromatic rings. The first-order valence-corrected chi connectivity index (χ1v) is 14.1. The zero-order valence-corrected chi connectivity index (χ0v) is 24.3. The van der Waals surface area contributed by atoms with Crippen LogP contribution >= 0.6 is 8.58 Å². The largest absolute Gasteiger partial charge is 0.507 e. The second-order valence-corrected chi connectivity index (χ2v) is 13.3. The molecule has 0 fully saturated rings. The van der Waals surface area contributed by atoms with Crippen molar-refractivity contribution in [2.24, 2.45) is 0 Å². The summed E-state index contributed by atoms with van der Waals surface area (Å²) in [6, 6.07) is 32.3. The summed E-state index contributed by atoms with van der Waals surface area (Å²) in [5.74, 6) is 0.438. The van der Waals surface area contributed by atoms with Gasteiger partial charge in [0, 0.05) is 28.8 Å². The molecule has 0 aliphatic rings. The van der Waals surface area contributed by atoms with Gasteiger partial charge in [0.05, 0.1) is 0 Å². The highest BCUT2D eigenvalue weighted by Crippen LogP contribution is 2.37. The third kappa shape index (κ3) is 6.43. The number of para-hydroxylation sites is 2. The molecular weight excluding hydrogens is 469 g/mol. The van der Waals surface area contributed by atoms with E-state index in [1.54, 1.807) is 0 Å². The molecule has 0 aromatic heterocycles. The minimum Gasteiger partial charge on any atom is -0.507 e. The quantitative estimate of drug-likeness (QED) is 0.265. The van der Waals surface area contributed by atoms with Crippen molar-refractivity contribution in [2.75, 3.05) is 4.90 Å². The van der Waals surface area contributed by atoms with Crippen molar-refractivity contribution in [1.29, 1.82) is 0 Å².